The summed E-state index contributed by atoms with van der Waals surface area (Å²) < 4.78 is 6.32. The molecule has 1 aliphatic heterocycles. The Bertz CT molecular complexity index is 1220. The maximum atomic E-state index is 13.1. The van der Waals surface area contributed by atoms with Gasteiger partial charge in [-0.25, -0.2) is 5.01 Å². The molecule has 4 aromatic rings. The summed E-state index contributed by atoms with van der Waals surface area (Å²) in [6.45, 7) is 0. The monoisotopic (exact) mass is 446 g/mol. The van der Waals surface area contributed by atoms with E-state index in [2.05, 4.69) is 31.0 Å². The van der Waals surface area contributed by atoms with Gasteiger partial charge in [-0.1, -0.05) is 34.1 Å². The number of hydrogen-bond donors (Lipinski definition) is 0. The zero-order valence-corrected chi connectivity index (χ0v) is 16.8. The van der Waals surface area contributed by atoms with Crippen LogP contribution in [0.5, 0.6) is 0 Å². The number of benzene rings is 2. The number of rotatable bonds is 3. The van der Waals surface area contributed by atoms with Gasteiger partial charge in [0.1, 0.15) is 0 Å². The standard InChI is InChI=1S/C22H15BrN4O2/c23-16-6-3-14(4-7-16)18-13-20(27(26-18)22(28)21-2-1-11-29-21)15-5-8-17-19(12-15)25-10-9-24-17/h1-12,20H,13H2. The Balaban J connectivity index is 1.56. The number of fused-ring (bicyclic) bond motifs is 1. The van der Waals surface area contributed by atoms with Crippen molar-refractivity contribution in [2.45, 2.75) is 12.5 Å². The van der Waals surface area contributed by atoms with E-state index in [1.165, 1.54) is 11.3 Å². The molecular formula is C22H15BrN4O2. The molecule has 0 spiro atoms. The van der Waals surface area contributed by atoms with Crippen LogP contribution in [0.15, 0.2) is 87.2 Å². The van der Waals surface area contributed by atoms with Crippen molar-refractivity contribution >= 4 is 38.6 Å². The third-order valence-corrected chi connectivity index (χ3v) is 5.43. The molecule has 7 heteroatoms. The highest BCUT2D eigenvalue weighted by molar-refractivity contribution is 9.10. The maximum Gasteiger partial charge on any atom is 0.310 e. The van der Waals surface area contributed by atoms with Crippen molar-refractivity contribution in [3.8, 4) is 0 Å². The number of amides is 1. The number of carbonyl (C=O) groups is 1. The number of carbonyl (C=O) groups excluding carboxylic acids is 1. The lowest BCUT2D eigenvalue weighted by Crippen LogP contribution is -2.26. The molecule has 2 aromatic carbocycles. The summed E-state index contributed by atoms with van der Waals surface area (Å²) in [6.07, 6.45) is 5.42. The van der Waals surface area contributed by atoms with Gasteiger partial charge in [-0.3, -0.25) is 14.8 Å². The van der Waals surface area contributed by atoms with Crippen LogP contribution in [0.3, 0.4) is 0 Å². The van der Waals surface area contributed by atoms with Gasteiger partial charge in [0.05, 0.1) is 29.1 Å². The van der Waals surface area contributed by atoms with Crippen molar-refractivity contribution in [2.75, 3.05) is 0 Å². The number of hydrogen-bond acceptors (Lipinski definition) is 5. The maximum absolute atomic E-state index is 13.1. The molecule has 1 aliphatic rings. The first-order valence-corrected chi connectivity index (χ1v) is 9.89. The summed E-state index contributed by atoms with van der Waals surface area (Å²) in [5.41, 5.74) is 4.38. The van der Waals surface area contributed by atoms with E-state index in [4.69, 9.17) is 4.42 Å². The lowest BCUT2D eigenvalue weighted by molar-refractivity contribution is 0.0678. The van der Waals surface area contributed by atoms with Crippen molar-refractivity contribution in [1.29, 1.82) is 0 Å². The first kappa shape index (κ1) is 17.8. The molecule has 0 saturated carbocycles. The quantitative estimate of drug-likeness (QED) is 0.444. The van der Waals surface area contributed by atoms with Crippen LogP contribution < -0.4 is 0 Å². The van der Waals surface area contributed by atoms with Crippen molar-refractivity contribution in [1.82, 2.24) is 15.0 Å². The van der Waals surface area contributed by atoms with E-state index < -0.39 is 0 Å². The van der Waals surface area contributed by atoms with Gasteiger partial charge < -0.3 is 4.42 Å². The molecule has 0 N–H and O–H groups in total. The van der Waals surface area contributed by atoms with Crippen LogP contribution in [0, 0.1) is 0 Å². The topological polar surface area (TPSA) is 71.6 Å². The zero-order chi connectivity index (χ0) is 19.8. The van der Waals surface area contributed by atoms with E-state index in [1.807, 2.05) is 42.5 Å². The minimum absolute atomic E-state index is 0.252. The van der Waals surface area contributed by atoms with Crippen LogP contribution >= 0.6 is 15.9 Å². The molecule has 1 amide bonds. The second-order valence-electron chi connectivity index (χ2n) is 6.71. The van der Waals surface area contributed by atoms with Crippen LogP contribution in [-0.2, 0) is 0 Å². The molecule has 0 bridgehead atoms. The Morgan fingerprint density at radius 1 is 1.03 bits per heavy atom. The molecule has 1 unspecified atom stereocenters. The van der Waals surface area contributed by atoms with Gasteiger partial charge in [0.25, 0.3) is 0 Å². The summed E-state index contributed by atoms with van der Waals surface area (Å²) in [5.74, 6) is -0.0114. The molecule has 3 heterocycles. The first-order chi connectivity index (χ1) is 14.2. The average molecular weight is 447 g/mol. The fourth-order valence-electron chi connectivity index (χ4n) is 3.47. The molecular weight excluding hydrogens is 432 g/mol. The minimum Gasteiger partial charge on any atom is -0.459 e. The normalized spacial score (nSPS) is 16.2. The van der Waals surface area contributed by atoms with Crippen LogP contribution in [0.25, 0.3) is 11.0 Å². The van der Waals surface area contributed by atoms with Gasteiger partial charge in [0.15, 0.2) is 5.76 Å². The minimum atomic E-state index is -0.272. The lowest BCUT2D eigenvalue weighted by Gasteiger charge is -2.21. The Morgan fingerprint density at radius 2 is 1.83 bits per heavy atom. The van der Waals surface area contributed by atoms with Crippen molar-refractivity contribution in [2.24, 2.45) is 5.10 Å². The van der Waals surface area contributed by atoms with Crippen LogP contribution in [-0.4, -0.2) is 26.6 Å². The Kier molecular flexibility index (Phi) is 4.44. The van der Waals surface area contributed by atoms with Crippen molar-refractivity contribution in [3.05, 3.63) is 94.6 Å². The fraction of sp³-hybridized carbons (Fsp3) is 0.0909. The number of furan rings is 1. The van der Waals surface area contributed by atoms with Crippen molar-refractivity contribution in [3.63, 3.8) is 0 Å². The van der Waals surface area contributed by atoms with Crippen LogP contribution in [0.2, 0.25) is 0 Å². The highest BCUT2D eigenvalue weighted by atomic mass is 79.9. The highest BCUT2D eigenvalue weighted by Gasteiger charge is 2.34. The zero-order valence-electron chi connectivity index (χ0n) is 15.2. The van der Waals surface area contributed by atoms with Gasteiger partial charge in [0.2, 0.25) is 0 Å². The van der Waals surface area contributed by atoms with Gasteiger partial charge >= 0.3 is 5.91 Å². The first-order valence-electron chi connectivity index (χ1n) is 9.10. The largest absolute Gasteiger partial charge is 0.459 e. The van der Waals surface area contributed by atoms with Gasteiger partial charge in [-0.05, 0) is 47.5 Å². The summed E-state index contributed by atoms with van der Waals surface area (Å²) in [4.78, 5) is 21.8. The molecule has 142 valence electrons. The second kappa shape index (κ2) is 7.25. The molecule has 1 atom stereocenters. The number of aromatic nitrogens is 2. The predicted octanol–water partition coefficient (Wildman–Crippen LogP) is 4.98. The van der Waals surface area contributed by atoms with E-state index in [9.17, 15) is 4.79 Å². The summed E-state index contributed by atoms with van der Waals surface area (Å²) in [7, 11) is 0. The fourth-order valence-corrected chi connectivity index (χ4v) is 3.74. The predicted molar refractivity (Wildman–Crippen MR) is 112 cm³/mol. The summed E-state index contributed by atoms with van der Waals surface area (Å²) in [6, 6.07) is 16.9. The Hall–Kier alpha value is -3.32. The Labute approximate surface area is 175 Å². The molecule has 5 rings (SSSR count). The smallest absolute Gasteiger partial charge is 0.310 e. The molecule has 0 saturated heterocycles. The molecule has 0 fully saturated rings. The third-order valence-electron chi connectivity index (χ3n) is 4.91. The molecule has 2 aromatic heterocycles. The number of halogens is 1. The SMILES string of the molecule is O=C(c1ccco1)N1N=C(c2ccc(Br)cc2)CC1c1ccc2nccnc2c1. The molecule has 6 nitrogen and oxygen atoms in total. The van der Waals surface area contributed by atoms with Crippen LogP contribution in [0.1, 0.15) is 34.1 Å². The van der Waals surface area contributed by atoms with E-state index in [-0.39, 0.29) is 17.7 Å². The Morgan fingerprint density at radius 3 is 2.59 bits per heavy atom. The van der Waals surface area contributed by atoms with E-state index in [0.717, 1.165) is 32.3 Å². The summed E-state index contributed by atoms with van der Waals surface area (Å²) >= 11 is 3.46. The summed E-state index contributed by atoms with van der Waals surface area (Å²) in [5, 5.41) is 6.18. The third kappa shape index (κ3) is 3.34. The second-order valence-corrected chi connectivity index (χ2v) is 7.62. The number of nitrogens with zero attached hydrogens (tertiary/aromatic N) is 4. The van der Waals surface area contributed by atoms with Gasteiger partial charge in [0, 0.05) is 23.3 Å². The highest BCUT2D eigenvalue weighted by Crippen LogP contribution is 2.35. The van der Waals surface area contributed by atoms with E-state index in [0.29, 0.717) is 6.42 Å². The molecule has 29 heavy (non-hydrogen) atoms. The van der Waals surface area contributed by atoms with Crippen molar-refractivity contribution < 1.29 is 9.21 Å². The van der Waals surface area contributed by atoms with E-state index >= 15 is 0 Å². The van der Waals surface area contributed by atoms with Gasteiger partial charge in [-0.15, -0.1) is 0 Å². The van der Waals surface area contributed by atoms with E-state index in [1.54, 1.807) is 24.5 Å². The van der Waals surface area contributed by atoms with Crippen LogP contribution in [0.4, 0.5) is 0 Å². The number of hydrazone groups is 1. The molecule has 0 aliphatic carbocycles. The molecule has 0 radical (unpaired) electrons. The lowest BCUT2D eigenvalue weighted by atomic mass is 9.98. The van der Waals surface area contributed by atoms with Gasteiger partial charge in [-0.2, -0.15) is 5.10 Å². The average Bonchev–Trinajstić information content (AvgIpc) is 3.44.